The van der Waals surface area contributed by atoms with Gasteiger partial charge in [0.25, 0.3) is 0 Å². The van der Waals surface area contributed by atoms with Gasteiger partial charge in [-0.05, 0) is 32.2 Å². The lowest BCUT2D eigenvalue weighted by Crippen LogP contribution is -2.45. The summed E-state index contributed by atoms with van der Waals surface area (Å²) in [4.78, 5) is 11.7. The second-order valence-corrected chi connectivity index (χ2v) is 4.49. The highest BCUT2D eigenvalue weighted by Gasteiger charge is 2.24. The molecule has 3 nitrogen and oxygen atoms in total. The number of nitrogens with one attached hydrogen (secondary N) is 2. The maximum Gasteiger partial charge on any atom is 0.237 e. The lowest BCUT2D eigenvalue weighted by molar-refractivity contribution is -0.123. The van der Waals surface area contributed by atoms with Gasteiger partial charge in [-0.25, -0.2) is 0 Å². The van der Waals surface area contributed by atoms with Crippen LogP contribution in [0.15, 0.2) is 0 Å². The molecule has 1 atom stereocenters. The van der Waals surface area contributed by atoms with Crippen molar-refractivity contribution in [2.45, 2.75) is 57.0 Å². The molecule has 1 saturated heterocycles. The van der Waals surface area contributed by atoms with Crippen LogP contribution in [0.3, 0.4) is 0 Å². The summed E-state index contributed by atoms with van der Waals surface area (Å²) in [5, 5.41) is 6.39. The summed E-state index contributed by atoms with van der Waals surface area (Å²) >= 11 is 0. The second-order valence-electron chi connectivity index (χ2n) is 4.49. The molecule has 2 aliphatic rings. The molecule has 1 heterocycles. The van der Waals surface area contributed by atoms with E-state index in [2.05, 4.69) is 10.6 Å². The fraction of sp³-hybridized carbons (Fsp3) is 0.909. The van der Waals surface area contributed by atoms with Crippen molar-refractivity contribution in [3.8, 4) is 0 Å². The van der Waals surface area contributed by atoms with Crippen LogP contribution in [0.25, 0.3) is 0 Å². The van der Waals surface area contributed by atoms with Gasteiger partial charge in [0.2, 0.25) is 5.91 Å². The predicted octanol–water partition coefficient (Wildman–Crippen LogP) is 1.61. The number of carbonyl (C=O) groups excluding carboxylic acids is 1. The molecule has 0 aromatic carbocycles. The fourth-order valence-electron chi connectivity index (χ4n) is 2.46. The van der Waals surface area contributed by atoms with E-state index in [1.54, 1.807) is 0 Å². The van der Waals surface area contributed by atoms with Gasteiger partial charge < -0.3 is 10.6 Å². The van der Waals surface area contributed by atoms with Gasteiger partial charge in [0.15, 0.2) is 0 Å². The van der Waals surface area contributed by atoms with Crippen molar-refractivity contribution in [3.63, 3.8) is 0 Å². The average molecular weight is 233 g/mol. The molecular formula is C11H21ClN2O. The zero-order chi connectivity index (χ0) is 9.80. The van der Waals surface area contributed by atoms with Gasteiger partial charge in [0.05, 0.1) is 6.04 Å². The third kappa shape index (κ3) is 3.65. The Morgan fingerprint density at radius 2 is 1.80 bits per heavy atom. The topological polar surface area (TPSA) is 41.1 Å². The maximum atomic E-state index is 11.7. The van der Waals surface area contributed by atoms with Crippen LogP contribution < -0.4 is 10.6 Å². The fourth-order valence-corrected chi connectivity index (χ4v) is 2.46. The Morgan fingerprint density at radius 1 is 1.07 bits per heavy atom. The monoisotopic (exact) mass is 232 g/mol. The van der Waals surface area contributed by atoms with Crippen molar-refractivity contribution in [1.82, 2.24) is 10.6 Å². The van der Waals surface area contributed by atoms with Gasteiger partial charge in [0, 0.05) is 6.04 Å². The van der Waals surface area contributed by atoms with E-state index in [1.807, 2.05) is 0 Å². The van der Waals surface area contributed by atoms with Crippen molar-refractivity contribution in [2.75, 3.05) is 6.54 Å². The first kappa shape index (κ1) is 12.8. The van der Waals surface area contributed by atoms with E-state index < -0.39 is 0 Å². The summed E-state index contributed by atoms with van der Waals surface area (Å²) in [5.74, 6) is 0.231. The molecule has 1 saturated carbocycles. The largest absolute Gasteiger partial charge is 0.352 e. The van der Waals surface area contributed by atoms with Crippen LogP contribution in [0, 0.1) is 0 Å². The highest BCUT2D eigenvalue weighted by Crippen LogP contribution is 2.17. The molecule has 0 bridgehead atoms. The average Bonchev–Trinajstić information content (AvgIpc) is 2.72. The molecular weight excluding hydrogens is 212 g/mol. The predicted molar refractivity (Wildman–Crippen MR) is 63.3 cm³/mol. The lowest BCUT2D eigenvalue weighted by Gasteiger charge is -2.24. The first-order valence-corrected chi connectivity index (χ1v) is 5.90. The summed E-state index contributed by atoms with van der Waals surface area (Å²) < 4.78 is 0. The number of hydrogen-bond acceptors (Lipinski definition) is 2. The molecule has 4 heteroatoms. The molecule has 1 aliphatic heterocycles. The molecule has 1 amide bonds. The molecule has 0 aromatic rings. The molecule has 88 valence electrons. The van der Waals surface area contributed by atoms with Crippen molar-refractivity contribution in [1.29, 1.82) is 0 Å². The Labute approximate surface area is 97.8 Å². The maximum absolute atomic E-state index is 11.7. The Bertz CT molecular complexity index is 199. The quantitative estimate of drug-likeness (QED) is 0.760. The highest BCUT2D eigenvalue weighted by atomic mass is 35.5. The van der Waals surface area contributed by atoms with Crippen molar-refractivity contribution >= 4 is 18.3 Å². The molecule has 2 N–H and O–H groups in total. The van der Waals surface area contributed by atoms with Crippen LogP contribution in [0.5, 0.6) is 0 Å². The number of carbonyl (C=O) groups is 1. The first-order valence-electron chi connectivity index (χ1n) is 5.90. The third-order valence-corrected chi connectivity index (χ3v) is 3.33. The van der Waals surface area contributed by atoms with Crippen molar-refractivity contribution < 1.29 is 4.79 Å². The highest BCUT2D eigenvalue weighted by molar-refractivity contribution is 5.85. The number of rotatable bonds is 2. The van der Waals surface area contributed by atoms with Gasteiger partial charge in [-0.2, -0.15) is 0 Å². The standard InChI is InChI=1S/C11H20N2O.ClH/c14-11(10-7-4-8-12-10)13-9-5-2-1-3-6-9;/h9-10,12H,1-8H2,(H,13,14);1H. The molecule has 0 aromatic heterocycles. The zero-order valence-corrected chi connectivity index (χ0v) is 9.94. The Balaban J connectivity index is 0.00000112. The Kier molecular flexibility index (Phi) is 5.40. The minimum atomic E-state index is 0. The van der Waals surface area contributed by atoms with E-state index in [0.29, 0.717) is 6.04 Å². The Hall–Kier alpha value is -0.280. The van der Waals surface area contributed by atoms with Crippen LogP contribution in [0.4, 0.5) is 0 Å². The second kappa shape index (κ2) is 6.33. The van der Waals surface area contributed by atoms with Crippen LogP contribution in [-0.4, -0.2) is 24.5 Å². The Morgan fingerprint density at radius 3 is 2.40 bits per heavy atom. The number of amides is 1. The number of halogens is 1. The van der Waals surface area contributed by atoms with Crippen LogP contribution in [-0.2, 0) is 4.79 Å². The SMILES string of the molecule is Cl.O=C(NC1CCCCC1)C1CCCN1. The molecule has 2 rings (SSSR count). The molecule has 1 unspecified atom stereocenters. The minimum Gasteiger partial charge on any atom is -0.352 e. The first-order chi connectivity index (χ1) is 6.86. The lowest BCUT2D eigenvalue weighted by atomic mass is 9.95. The van der Waals surface area contributed by atoms with E-state index in [0.717, 1.165) is 19.4 Å². The molecule has 2 fully saturated rings. The van der Waals surface area contributed by atoms with Crippen molar-refractivity contribution in [2.24, 2.45) is 0 Å². The minimum absolute atomic E-state index is 0. The third-order valence-electron chi connectivity index (χ3n) is 3.33. The van der Waals surface area contributed by atoms with Gasteiger partial charge in [0.1, 0.15) is 0 Å². The van der Waals surface area contributed by atoms with Gasteiger partial charge in [-0.3, -0.25) is 4.79 Å². The van der Waals surface area contributed by atoms with Crippen molar-refractivity contribution in [3.05, 3.63) is 0 Å². The van der Waals surface area contributed by atoms with Gasteiger partial charge in [-0.15, -0.1) is 12.4 Å². The zero-order valence-electron chi connectivity index (χ0n) is 9.13. The number of hydrogen-bond donors (Lipinski definition) is 2. The molecule has 15 heavy (non-hydrogen) atoms. The van der Waals surface area contributed by atoms with Crippen LogP contribution >= 0.6 is 12.4 Å². The van der Waals surface area contributed by atoms with Crippen LogP contribution in [0.1, 0.15) is 44.9 Å². The van der Waals surface area contributed by atoms with E-state index in [-0.39, 0.29) is 24.4 Å². The molecule has 1 aliphatic carbocycles. The van der Waals surface area contributed by atoms with E-state index >= 15 is 0 Å². The normalized spacial score (nSPS) is 27.1. The summed E-state index contributed by atoms with van der Waals surface area (Å²) in [6, 6.07) is 0.551. The smallest absolute Gasteiger partial charge is 0.237 e. The summed E-state index contributed by atoms with van der Waals surface area (Å²) in [7, 11) is 0. The summed E-state index contributed by atoms with van der Waals surface area (Å²) in [6.07, 6.45) is 8.42. The van der Waals surface area contributed by atoms with E-state index in [9.17, 15) is 4.79 Å². The molecule has 0 spiro atoms. The summed E-state index contributed by atoms with van der Waals surface area (Å²) in [6.45, 7) is 1.00. The summed E-state index contributed by atoms with van der Waals surface area (Å²) in [5.41, 5.74) is 0. The molecule has 0 radical (unpaired) electrons. The van der Waals surface area contributed by atoms with E-state index in [4.69, 9.17) is 0 Å². The van der Waals surface area contributed by atoms with Gasteiger partial charge >= 0.3 is 0 Å². The van der Waals surface area contributed by atoms with Crippen LogP contribution in [0.2, 0.25) is 0 Å². The van der Waals surface area contributed by atoms with E-state index in [1.165, 1.54) is 32.1 Å². The van der Waals surface area contributed by atoms with Gasteiger partial charge in [-0.1, -0.05) is 19.3 Å².